The minimum Gasteiger partial charge on any atom is -0.369 e. The molecule has 0 bridgehead atoms. The molecule has 2 N–H and O–H groups in total. The summed E-state index contributed by atoms with van der Waals surface area (Å²) in [6.45, 7) is 18.1. The summed E-state index contributed by atoms with van der Waals surface area (Å²) < 4.78 is 0. The molecule has 3 aliphatic rings. The van der Waals surface area contributed by atoms with Gasteiger partial charge in [-0.15, -0.1) is 0 Å². The third kappa shape index (κ3) is 13.4. The highest BCUT2D eigenvalue weighted by Gasteiger charge is 2.41. The molecule has 3 fully saturated rings. The van der Waals surface area contributed by atoms with E-state index < -0.39 is 11.1 Å². The van der Waals surface area contributed by atoms with Crippen LogP contribution in [0.25, 0.3) is 0 Å². The van der Waals surface area contributed by atoms with Crippen LogP contribution in [0.2, 0.25) is 0 Å². The van der Waals surface area contributed by atoms with Crippen molar-refractivity contribution in [1.29, 1.82) is 0 Å². The molecule has 0 saturated carbocycles. The molecule has 3 saturated heterocycles. The summed E-state index contributed by atoms with van der Waals surface area (Å²) in [6.07, 6.45) is 4.56. The number of nitrogens with one attached hydrogen (secondary N) is 2. The molecule has 356 valence electrons. The molecule has 0 spiro atoms. The monoisotopic (exact) mass is 901 g/mol. The van der Waals surface area contributed by atoms with Crippen molar-refractivity contribution >= 4 is 35.6 Å². The lowest BCUT2D eigenvalue weighted by atomic mass is 9.80. The number of benzene rings is 4. The quantitative estimate of drug-likeness (QED) is 0.103. The zero-order valence-electron chi connectivity index (χ0n) is 41.0. The largest absolute Gasteiger partial charge is 0.369 e. The van der Waals surface area contributed by atoms with Gasteiger partial charge in [0.2, 0.25) is 6.41 Å². The first-order valence-electron chi connectivity index (χ1n) is 23.8. The summed E-state index contributed by atoms with van der Waals surface area (Å²) in [7, 11) is 10.0. The standard InChI is InChI=1S/C24H31N3O2.C24H33N3O.C6H12N2O/c1-4-24(26(2)3,17-19-5-7-20(18-28)8-6-19)23(29)21-9-11-22(12-10-21)27-15-13-25-14-16-27;1-5-24(26(3)4,18-20-8-6-19(2)7-9-20)23(28)21-10-12-22(13-11-21)27-16-14-25-15-17-27;1-7-2-4-8(6-9)5-3-7/h5-12,18,25H,4,13-17H2,1-3H3;6-13,25H,5,14-18H2,1-4H3;6H,2-5H2,1H3. The van der Waals surface area contributed by atoms with E-state index in [-0.39, 0.29) is 11.6 Å². The number of aldehydes is 1. The van der Waals surface area contributed by atoms with Gasteiger partial charge in [-0.25, -0.2) is 0 Å². The number of piperazine rings is 3. The van der Waals surface area contributed by atoms with Crippen LogP contribution in [0.1, 0.15) is 74.5 Å². The summed E-state index contributed by atoms with van der Waals surface area (Å²) >= 11 is 0. The Morgan fingerprint density at radius 2 is 0.939 bits per heavy atom. The molecule has 0 radical (unpaired) electrons. The van der Waals surface area contributed by atoms with E-state index in [0.717, 1.165) is 121 Å². The van der Waals surface area contributed by atoms with Gasteiger partial charge in [0.1, 0.15) is 6.29 Å². The topological polar surface area (TPSA) is 112 Å². The Morgan fingerprint density at radius 3 is 1.27 bits per heavy atom. The molecule has 2 unspecified atom stereocenters. The Labute approximate surface area is 395 Å². The van der Waals surface area contributed by atoms with Gasteiger partial charge in [-0.1, -0.05) is 67.9 Å². The zero-order chi connectivity index (χ0) is 47.7. The maximum atomic E-state index is 13.6. The van der Waals surface area contributed by atoms with Gasteiger partial charge >= 0.3 is 0 Å². The molecule has 2 atom stereocenters. The third-order valence-corrected chi connectivity index (χ3v) is 13.9. The lowest BCUT2D eigenvalue weighted by Gasteiger charge is -2.38. The zero-order valence-corrected chi connectivity index (χ0v) is 41.0. The number of Topliss-reactive ketones (excluding diaryl/α,β-unsaturated/α-hetero) is 2. The highest BCUT2D eigenvalue weighted by atomic mass is 16.1. The number of amides is 1. The second-order valence-corrected chi connectivity index (χ2v) is 18.4. The Kier molecular flexibility index (Phi) is 19.6. The second kappa shape index (κ2) is 25.0. The molecular weight excluding hydrogens is 825 g/mol. The van der Waals surface area contributed by atoms with E-state index in [1.54, 1.807) is 4.90 Å². The van der Waals surface area contributed by atoms with Gasteiger partial charge in [-0.05, 0) is 128 Å². The number of likely N-dealkylation sites (N-methyl/N-ethyl adjacent to an activating group) is 3. The van der Waals surface area contributed by atoms with Crippen LogP contribution in [-0.4, -0.2) is 169 Å². The lowest BCUT2D eigenvalue weighted by molar-refractivity contribution is -0.119. The number of nitrogens with zero attached hydrogens (tertiary/aromatic N) is 6. The predicted molar refractivity (Wildman–Crippen MR) is 271 cm³/mol. The van der Waals surface area contributed by atoms with Gasteiger partial charge in [0.15, 0.2) is 11.6 Å². The first kappa shape index (κ1) is 51.7. The highest BCUT2D eigenvalue weighted by Crippen LogP contribution is 2.31. The minimum absolute atomic E-state index is 0.135. The number of hydrogen-bond acceptors (Lipinski definition) is 11. The average Bonchev–Trinajstić information content (AvgIpc) is 3.36. The van der Waals surface area contributed by atoms with Crippen LogP contribution < -0.4 is 20.4 Å². The molecule has 0 aliphatic carbocycles. The first-order valence-corrected chi connectivity index (χ1v) is 23.8. The van der Waals surface area contributed by atoms with Crippen molar-refractivity contribution < 1.29 is 19.2 Å². The van der Waals surface area contributed by atoms with Crippen LogP contribution in [-0.2, 0) is 17.6 Å². The molecule has 3 heterocycles. The normalized spacial score (nSPS) is 17.4. The van der Waals surface area contributed by atoms with Gasteiger partial charge < -0.3 is 30.2 Å². The van der Waals surface area contributed by atoms with Crippen LogP contribution in [0.5, 0.6) is 0 Å². The summed E-state index contributed by atoms with van der Waals surface area (Å²) in [5.74, 6) is 0.337. The lowest BCUT2D eigenvalue weighted by Crippen LogP contribution is -2.52. The van der Waals surface area contributed by atoms with E-state index >= 15 is 0 Å². The predicted octanol–water partition coefficient (Wildman–Crippen LogP) is 5.98. The number of anilines is 2. The van der Waals surface area contributed by atoms with E-state index in [2.05, 4.69) is 107 Å². The van der Waals surface area contributed by atoms with E-state index in [0.29, 0.717) is 18.4 Å². The number of carbonyl (C=O) groups is 4. The van der Waals surface area contributed by atoms with Crippen LogP contribution >= 0.6 is 0 Å². The Bertz CT molecular complexity index is 2110. The minimum atomic E-state index is -0.626. The third-order valence-electron chi connectivity index (χ3n) is 13.9. The van der Waals surface area contributed by atoms with Gasteiger partial charge in [0, 0.05) is 107 Å². The highest BCUT2D eigenvalue weighted by molar-refractivity contribution is 6.04. The number of aryl methyl sites for hydroxylation is 1. The van der Waals surface area contributed by atoms with Crippen LogP contribution in [0.4, 0.5) is 11.4 Å². The van der Waals surface area contributed by atoms with Crippen molar-refractivity contribution in [2.75, 3.05) is 124 Å². The van der Waals surface area contributed by atoms with Gasteiger partial charge in [0.05, 0.1) is 11.1 Å². The van der Waals surface area contributed by atoms with E-state index in [4.69, 9.17) is 0 Å². The van der Waals surface area contributed by atoms with Gasteiger partial charge in [-0.2, -0.15) is 0 Å². The van der Waals surface area contributed by atoms with Crippen molar-refractivity contribution in [2.45, 2.75) is 57.5 Å². The Morgan fingerprint density at radius 1 is 0.561 bits per heavy atom. The molecule has 7 rings (SSSR count). The molecule has 4 aromatic carbocycles. The van der Waals surface area contributed by atoms with Gasteiger partial charge in [-0.3, -0.25) is 29.0 Å². The van der Waals surface area contributed by atoms with E-state index in [1.807, 2.05) is 81.6 Å². The molecule has 4 aromatic rings. The van der Waals surface area contributed by atoms with E-state index in [1.165, 1.54) is 22.5 Å². The number of hydrogen-bond donors (Lipinski definition) is 2. The average molecular weight is 901 g/mol. The summed E-state index contributed by atoms with van der Waals surface area (Å²) in [5, 5.41) is 6.74. The number of rotatable bonds is 16. The molecule has 3 aliphatic heterocycles. The van der Waals surface area contributed by atoms with Crippen LogP contribution in [0.15, 0.2) is 97.1 Å². The van der Waals surface area contributed by atoms with Crippen molar-refractivity contribution in [3.05, 3.63) is 130 Å². The van der Waals surface area contributed by atoms with Gasteiger partial charge in [0.25, 0.3) is 0 Å². The van der Waals surface area contributed by atoms with Crippen molar-refractivity contribution in [1.82, 2.24) is 30.2 Å². The fourth-order valence-corrected chi connectivity index (χ4v) is 9.14. The summed E-state index contributed by atoms with van der Waals surface area (Å²) in [4.78, 5) is 61.2. The molecule has 12 nitrogen and oxygen atoms in total. The number of ketones is 2. The molecular formula is C54H76N8O4. The number of carbonyl (C=O) groups excluding carboxylic acids is 4. The SMILES string of the molecule is CCC(Cc1ccc(C)cc1)(C(=O)c1ccc(N2CCNCC2)cc1)N(C)C.CCC(Cc1ccc(C=O)cc1)(C(=O)c1ccc(N2CCNCC2)cc1)N(C)C.CN1CCN(C=O)CC1. The summed E-state index contributed by atoms with van der Waals surface area (Å²) in [5.41, 5.74) is 6.88. The molecule has 0 aromatic heterocycles. The van der Waals surface area contributed by atoms with Crippen LogP contribution in [0.3, 0.4) is 0 Å². The molecule has 66 heavy (non-hydrogen) atoms. The smallest absolute Gasteiger partial charge is 0.209 e. The van der Waals surface area contributed by atoms with E-state index in [9.17, 15) is 19.2 Å². The maximum absolute atomic E-state index is 13.6. The summed E-state index contributed by atoms with van der Waals surface area (Å²) in [6, 6.07) is 32.3. The maximum Gasteiger partial charge on any atom is 0.209 e. The van der Waals surface area contributed by atoms with Crippen molar-refractivity contribution in [3.8, 4) is 0 Å². The molecule has 1 amide bonds. The molecule has 12 heteroatoms. The van der Waals surface area contributed by atoms with Crippen molar-refractivity contribution in [3.63, 3.8) is 0 Å². The fourth-order valence-electron chi connectivity index (χ4n) is 9.14. The Hall–Kier alpha value is -5.24. The fraction of sp³-hybridized carbons (Fsp3) is 0.481. The Balaban J connectivity index is 0.000000208. The first-order chi connectivity index (χ1) is 31.8. The van der Waals surface area contributed by atoms with Crippen molar-refractivity contribution in [2.24, 2.45) is 0 Å². The second-order valence-electron chi connectivity index (χ2n) is 18.4. The van der Waals surface area contributed by atoms with Crippen LogP contribution in [0, 0.1) is 6.92 Å².